The molecule has 2 fully saturated rings. The van der Waals surface area contributed by atoms with Crippen LogP contribution in [0.25, 0.3) is 0 Å². The Morgan fingerprint density at radius 3 is 2.20 bits per heavy atom. The van der Waals surface area contributed by atoms with Crippen LogP contribution < -0.4 is 0 Å². The molecule has 2 heteroatoms. The first-order valence-corrected chi connectivity index (χ1v) is 9.66. The molecular weight excluding hydrogens is 308 g/mol. The van der Waals surface area contributed by atoms with E-state index in [1.54, 1.807) is 0 Å². The largest absolute Gasteiger partial charge is 0.453 e. The molecule has 1 saturated carbocycles. The van der Waals surface area contributed by atoms with Crippen LogP contribution in [0.4, 0.5) is 0 Å². The third-order valence-corrected chi connectivity index (χ3v) is 6.87. The van der Waals surface area contributed by atoms with Crippen LogP contribution in [0.3, 0.4) is 0 Å². The number of hydrogen-bond acceptors (Lipinski definition) is 2. The van der Waals surface area contributed by atoms with Gasteiger partial charge in [-0.25, -0.2) is 0 Å². The van der Waals surface area contributed by atoms with E-state index in [0.29, 0.717) is 5.92 Å². The average molecular weight is 332 g/mol. The van der Waals surface area contributed by atoms with Crippen LogP contribution >= 0.6 is 0 Å². The van der Waals surface area contributed by atoms with Crippen molar-refractivity contribution in [1.82, 2.24) is 0 Å². The van der Waals surface area contributed by atoms with Gasteiger partial charge in [0, 0.05) is 11.5 Å². The van der Waals surface area contributed by atoms with Crippen LogP contribution in [0.5, 0.6) is 0 Å². The summed E-state index contributed by atoms with van der Waals surface area (Å²) in [5.41, 5.74) is 2.54. The van der Waals surface area contributed by atoms with Crippen LogP contribution in [-0.4, -0.2) is 5.97 Å². The van der Waals surface area contributed by atoms with Gasteiger partial charge in [-0.15, -0.1) is 0 Å². The predicted molar refractivity (Wildman–Crippen MR) is 97.2 cm³/mol. The van der Waals surface area contributed by atoms with Crippen molar-refractivity contribution in [2.75, 3.05) is 0 Å². The smallest absolute Gasteiger partial charge is 0.321 e. The number of hydrogen-bond donors (Lipinski definition) is 0. The molecule has 0 aromatic heterocycles. The fraction of sp³-hybridized carbons (Fsp3) is 0.435. The zero-order valence-corrected chi connectivity index (χ0v) is 14.5. The van der Waals surface area contributed by atoms with Gasteiger partial charge in [-0.3, -0.25) is 4.79 Å². The van der Waals surface area contributed by atoms with E-state index in [1.165, 1.54) is 43.2 Å². The fourth-order valence-electron chi connectivity index (χ4n) is 5.65. The molecular formula is C23H24O2. The van der Waals surface area contributed by atoms with Gasteiger partial charge in [-0.2, -0.15) is 0 Å². The van der Waals surface area contributed by atoms with Crippen molar-refractivity contribution in [2.45, 2.75) is 56.0 Å². The Hall–Kier alpha value is -2.09. The summed E-state index contributed by atoms with van der Waals surface area (Å²) < 4.78 is 6.36. The minimum Gasteiger partial charge on any atom is -0.453 e. The van der Waals surface area contributed by atoms with Crippen molar-refractivity contribution in [1.29, 1.82) is 0 Å². The quantitative estimate of drug-likeness (QED) is 0.715. The molecule has 0 amide bonds. The van der Waals surface area contributed by atoms with Gasteiger partial charge in [-0.1, -0.05) is 73.9 Å². The monoisotopic (exact) mass is 332 g/mol. The molecule has 2 bridgehead atoms. The van der Waals surface area contributed by atoms with E-state index in [1.807, 2.05) is 18.2 Å². The normalized spacial score (nSPS) is 31.4. The Bertz CT molecular complexity index is 806. The maximum atomic E-state index is 13.4. The van der Waals surface area contributed by atoms with E-state index in [0.717, 1.165) is 18.4 Å². The molecule has 0 radical (unpaired) electrons. The van der Waals surface area contributed by atoms with E-state index in [4.69, 9.17) is 4.74 Å². The summed E-state index contributed by atoms with van der Waals surface area (Å²) in [5.74, 6) is 0.439. The van der Waals surface area contributed by atoms with Gasteiger partial charge < -0.3 is 4.74 Å². The van der Waals surface area contributed by atoms with Gasteiger partial charge in [0.25, 0.3) is 0 Å². The molecule has 2 atom stereocenters. The highest BCUT2D eigenvalue weighted by atomic mass is 16.6. The Morgan fingerprint density at radius 1 is 0.800 bits per heavy atom. The minimum absolute atomic E-state index is 0.0331. The zero-order chi connectivity index (χ0) is 16.9. The lowest BCUT2D eigenvalue weighted by molar-refractivity contribution is -0.195. The lowest BCUT2D eigenvalue weighted by atomic mass is 9.55. The Morgan fingerprint density at radius 2 is 1.48 bits per heavy atom. The highest BCUT2D eigenvalue weighted by molar-refractivity contribution is 5.91. The number of benzene rings is 2. The Labute approximate surface area is 149 Å². The van der Waals surface area contributed by atoms with Crippen LogP contribution in [0.15, 0.2) is 54.6 Å². The minimum atomic E-state index is -0.617. The number of ether oxygens (including phenoxy) is 1. The van der Waals surface area contributed by atoms with Crippen molar-refractivity contribution in [3.8, 4) is 0 Å². The molecule has 128 valence electrons. The summed E-state index contributed by atoms with van der Waals surface area (Å²) in [6, 6.07) is 18.8. The Kier molecular flexibility index (Phi) is 3.31. The number of carbonyl (C=O) groups is 1. The summed E-state index contributed by atoms with van der Waals surface area (Å²) in [7, 11) is 0. The number of fused-ring (bicyclic) bond motifs is 2. The van der Waals surface area contributed by atoms with Crippen molar-refractivity contribution in [3.05, 3.63) is 71.3 Å². The number of rotatable bonds is 2. The van der Waals surface area contributed by atoms with Crippen LogP contribution in [0.2, 0.25) is 0 Å². The molecule has 2 aromatic carbocycles. The van der Waals surface area contributed by atoms with E-state index in [-0.39, 0.29) is 11.6 Å². The third kappa shape index (κ3) is 1.94. The summed E-state index contributed by atoms with van der Waals surface area (Å²) in [5, 5.41) is 0. The molecule has 0 N–H and O–H groups in total. The topological polar surface area (TPSA) is 26.3 Å². The molecule has 2 aromatic rings. The molecule has 0 spiro atoms. The van der Waals surface area contributed by atoms with Gasteiger partial charge in [0.1, 0.15) is 11.0 Å². The Balaban J connectivity index is 1.72. The summed E-state index contributed by atoms with van der Waals surface area (Å²) in [6.07, 6.45) is 8.01. The zero-order valence-electron chi connectivity index (χ0n) is 14.5. The lowest BCUT2D eigenvalue weighted by Crippen LogP contribution is -2.58. The third-order valence-electron chi connectivity index (χ3n) is 6.87. The average Bonchev–Trinajstić information content (AvgIpc) is 2.70. The first kappa shape index (κ1) is 15.2. The molecule has 0 unspecified atom stereocenters. The van der Waals surface area contributed by atoms with Gasteiger partial charge in [0.15, 0.2) is 0 Å². The summed E-state index contributed by atoms with van der Waals surface area (Å²) in [4.78, 5) is 13.4. The van der Waals surface area contributed by atoms with Crippen molar-refractivity contribution in [3.63, 3.8) is 0 Å². The molecule has 2 heterocycles. The standard InChI is InChI=1S/C23H24O2/c24-21-22(17-9-3-1-4-10-17)15-16-23(25-21,18-11-5-2-6-12-18)20-14-8-7-13-19(20)22/h1,3-4,7-10,13-14,18H,2,5-6,11-12,15-16H2/t22-,23+/m0/s1. The second-order valence-corrected chi connectivity index (χ2v) is 7.93. The molecule has 2 nitrogen and oxygen atoms in total. The molecule has 25 heavy (non-hydrogen) atoms. The van der Waals surface area contributed by atoms with Crippen molar-refractivity contribution < 1.29 is 9.53 Å². The highest BCUT2D eigenvalue weighted by Gasteiger charge is 2.62. The molecule has 2 aliphatic heterocycles. The maximum absolute atomic E-state index is 13.4. The number of carbonyl (C=O) groups excluding carboxylic acids is 1. The number of esters is 1. The second-order valence-electron chi connectivity index (χ2n) is 7.93. The van der Waals surface area contributed by atoms with Crippen LogP contribution in [-0.2, 0) is 20.5 Å². The molecule has 6 rings (SSSR count). The van der Waals surface area contributed by atoms with Gasteiger partial charge in [0.2, 0.25) is 0 Å². The van der Waals surface area contributed by atoms with E-state index >= 15 is 0 Å². The fourth-order valence-corrected chi connectivity index (χ4v) is 5.65. The summed E-state index contributed by atoms with van der Waals surface area (Å²) >= 11 is 0. The maximum Gasteiger partial charge on any atom is 0.321 e. The van der Waals surface area contributed by atoms with Crippen molar-refractivity contribution >= 4 is 5.97 Å². The van der Waals surface area contributed by atoms with Gasteiger partial charge in [0.05, 0.1) is 0 Å². The molecule has 4 aliphatic rings. The van der Waals surface area contributed by atoms with E-state index in [9.17, 15) is 4.79 Å². The van der Waals surface area contributed by atoms with Gasteiger partial charge >= 0.3 is 5.97 Å². The van der Waals surface area contributed by atoms with Crippen molar-refractivity contribution in [2.24, 2.45) is 5.92 Å². The van der Waals surface area contributed by atoms with Gasteiger partial charge in [-0.05, 0) is 36.8 Å². The lowest BCUT2D eigenvalue weighted by Gasteiger charge is -2.56. The summed E-state index contributed by atoms with van der Waals surface area (Å²) in [6.45, 7) is 0. The molecule has 2 aliphatic carbocycles. The van der Waals surface area contributed by atoms with E-state index in [2.05, 4.69) is 36.4 Å². The van der Waals surface area contributed by atoms with E-state index < -0.39 is 5.41 Å². The first-order valence-electron chi connectivity index (χ1n) is 9.66. The molecule has 1 saturated heterocycles. The second kappa shape index (κ2) is 5.45. The predicted octanol–water partition coefficient (Wildman–Crippen LogP) is 5.10. The SMILES string of the molecule is O=C1O[C@@]2(C3CCCCC3)CC[C@]1(c1ccccc1)c1ccccc12. The van der Waals surface area contributed by atoms with Crippen LogP contribution in [0.1, 0.15) is 61.6 Å². The van der Waals surface area contributed by atoms with Crippen LogP contribution in [0, 0.1) is 5.92 Å². The highest BCUT2D eigenvalue weighted by Crippen LogP contribution is 2.60. The first-order chi connectivity index (χ1) is 12.3.